The number of aliphatic hydroxyl groups is 1. The van der Waals surface area contributed by atoms with Crippen LogP contribution in [0.5, 0.6) is 0 Å². The zero-order chi connectivity index (χ0) is 21.5. The summed E-state index contributed by atoms with van der Waals surface area (Å²) in [6.45, 7) is 4.02. The summed E-state index contributed by atoms with van der Waals surface area (Å²) in [5.74, 6) is -1.54. The van der Waals surface area contributed by atoms with Crippen molar-refractivity contribution < 1.29 is 24.1 Å². The average Bonchev–Trinajstić information content (AvgIpc) is 3.11. The molecule has 3 aliphatic rings. The monoisotopic (exact) mass is 420 g/mol. The minimum atomic E-state index is -1.83. The summed E-state index contributed by atoms with van der Waals surface area (Å²) in [4.78, 5) is 30.4. The summed E-state index contributed by atoms with van der Waals surface area (Å²) < 4.78 is 18.0. The number of esters is 1. The maximum atomic E-state index is 13.3. The van der Waals surface area contributed by atoms with Crippen molar-refractivity contribution >= 4 is 16.9 Å². The van der Waals surface area contributed by atoms with Gasteiger partial charge in [0.2, 0.25) is 0 Å². The maximum Gasteiger partial charge on any atom is 0.343 e. The summed E-state index contributed by atoms with van der Waals surface area (Å²) in [6.07, 6.45) is 0.113. The Morgan fingerprint density at radius 3 is 2.71 bits per heavy atom. The third-order valence-corrected chi connectivity index (χ3v) is 6.71. The second kappa shape index (κ2) is 6.00. The summed E-state index contributed by atoms with van der Waals surface area (Å²) in [5, 5.41) is 11.9. The molecule has 158 valence electrons. The number of cyclic esters (lactones) is 1. The van der Waals surface area contributed by atoms with E-state index >= 15 is 0 Å². The van der Waals surface area contributed by atoms with Gasteiger partial charge in [0.15, 0.2) is 18.2 Å². The van der Waals surface area contributed by atoms with E-state index in [1.54, 1.807) is 17.6 Å². The molecule has 3 aliphatic heterocycles. The van der Waals surface area contributed by atoms with Crippen LogP contribution in [-0.4, -0.2) is 27.4 Å². The Balaban J connectivity index is 1.58. The molecule has 0 amide bonds. The van der Waals surface area contributed by atoms with Gasteiger partial charge in [-0.15, -0.1) is 0 Å². The van der Waals surface area contributed by atoms with Crippen molar-refractivity contribution in [2.45, 2.75) is 44.8 Å². The molecule has 1 N–H and O–H groups in total. The van der Waals surface area contributed by atoms with Gasteiger partial charge in [-0.2, -0.15) is 0 Å². The number of fused-ring (bicyclic) bond motifs is 5. The molecule has 0 spiro atoms. The second-order valence-corrected chi connectivity index (χ2v) is 8.32. The van der Waals surface area contributed by atoms with Crippen LogP contribution in [0.15, 0.2) is 35.1 Å². The van der Waals surface area contributed by atoms with Crippen LogP contribution in [0.1, 0.15) is 42.5 Å². The van der Waals surface area contributed by atoms with Gasteiger partial charge in [0, 0.05) is 22.1 Å². The van der Waals surface area contributed by atoms with Crippen molar-refractivity contribution in [3.8, 4) is 11.4 Å². The minimum absolute atomic E-state index is 0.113. The molecule has 1 fully saturated rings. The molecule has 2 aromatic heterocycles. The Labute approximate surface area is 177 Å². The van der Waals surface area contributed by atoms with Crippen LogP contribution < -0.4 is 5.56 Å². The highest BCUT2D eigenvalue weighted by atomic mass is 16.9. The molecule has 5 heterocycles. The lowest BCUT2D eigenvalue weighted by molar-refractivity contribution is -0.399. The highest BCUT2D eigenvalue weighted by Crippen LogP contribution is 2.41. The zero-order valence-electron chi connectivity index (χ0n) is 17.1. The summed E-state index contributed by atoms with van der Waals surface area (Å²) in [6, 6.07) is 9.48. The van der Waals surface area contributed by atoms with Crippen molar-refractivity contribution in [1.82, 2.24) is 9.55 Å². The number of ether oxygens (including phenoxy) is 3. The molecule has 0 bridgehead atoms. The molecule has 8 nitrogen and oxygen atoms in total. The molecule has 8 heteroatoms. The number of pyridine rings is 2. The van der Waals surface area contributed by atoms with E-state index in [4.69, 9.17) is 19.2 Å². The summed E-state index contributed by atoms with van der Waals surface area (Å²) in [5.41, 5.74) is 2.31. The number of hydrogen-bond donors (Lipinski definition) is 1. The van der Waals surface area contributed by atoms with E-state index in [1.807, 2.05) is 31.2 Å². The summed E-state index contributed by atoms with van der Waals surface area (Å²) >= 11 is 0. The normalized spacial score (nSPS) is 23.0. The Morgan fingerprint density at radius 2 is 2.00 bits per heavy atom. The predicted octanol–water partition coefficient (Wildman–Crippen LogP) is 2.26. The van der Waals surface area contributed by atoms with Crippen molar-refractivity contribution in [2.75, 3.05) is 6.79 Å². The van der Waals surface area contributed by atoms with E-state index in [1.165, 1.54) is 0 Å². The number of rotatable bonds is 2. The zero-order valence-corrected chi connectivity index (χ0v) is 17.1. The minimum Gasteiger partial charge on any atom is -0.458 e. The molecular formula is C23H20N2O6. The largest absolute Gasteiger partial charge is 0.458 e. The van der Waals surface area contributed by atoms with E-state index in [9.17, 15) is 14.7 Å². The predicted molar refractivity (Wildman–Crippen MR) is 109 cm³/mol. The van der Waals surface area contributed by atoms with E-state index in [0.717, 1.165) is 22.0 Å². The van der Waals surface area contributed by atoms with Crippen molar-refractivity contribution in [2.24, 2.45) is 0 Å². The number of nitrogens with zero attached hydrogens (tertiary/aromatic N) is 2. The molecule has 3 aromatic rings. The van der Waals surface area contributed by atoms with E-state index in [-0.39, 0.29) is 25.4 Å². The maximum absolute atomic E-state index is 13.3. The smallest absolute Gasteiger partial charge is 0.343 e. The quantitative estimate of drug-likeness (QED) is 0.497. The number of carbonyl (C=O) groups is 1. The Bertz CT molecular complexity index is 1360. The number of benzene rings is 1. The first-order valence-corrected chi connectivity index (χ1v) is 10.2. The van der Waals surface area contributed by atoms with Gasteiger partial charge in [-0.05, 0) is 31.5 Å². The molecule has 1 atom stereocenters. The molecular weight excluding hydrogens is 400 g/mol. The Morgan fingerprint density at radius 1 is 1.19 bits per heavy atom. The highest BCUT2D eigenvalue weighted by molar-refractivity contribution is 5.88. The first kappa shape index (κ1) is 18.7. The second-order valence-electron chi connectivity index (χ2n) is 8.32. The lowest BCUT2D eigenvalue weighted by Crippen LogP contribution is -2.44. The van der Waals surface area contributed by atoms with Crippen LogP contribution in [0.25, 0.3) is 22.3 Å². The van der Waals surface area contributed by atoms with Crippen molar-refractivity contribution in [1.29, 1.82) is 0 Å². The SMILES string of the molecule is CC[C@@]1(O)C(=O)OCc2c1cc1n(c2=O)Cc2cc3c(C4(C)OCO4)cccc3nc2-1. The molecule has 1 saturated heterocycles. The van der Waals surface area contributed by atoms with Crippen molar-refractivity contribution in [3.63, 3.8) is 0 Å². The van der Waals surface area contributed by atoms with Gasteiger partial charge in [0.25, 0.3) is 5.56 Å². The van der Waals surface area contributed by atoms with E-state index < -0.39 is 17.4 Å². The Hall–Kier alpha value is -3.07. The van der Waals surface area contributed by atoms with Gasteiger partial charge >= 0.3 is 5.97 Å². The lowest BCUT2D eigenvalue weighted by atomic mass is 9.86. The fourth-order valence-electron chi connectivity index (χ4n) is 4.79. The summed E-state index contributed by atoms with van der Waals surface area (Å²) in [7, 11) is 0. The molecule has 0 saturated carbocycles. The van der Waals surface area contributed by atoms with E-state index in [0.29, 0.717) is 29.1 Å². The van der Waals surface area contributed by atoms with Gasteiger partial charge in [-0.1, -0.05) is 19.1 Å². The third-order valence-electron chi connectivity index (χ3n) is 6.71. The van der Waals surface area contributed by atoms with Crippen LogP contribution in [0, 0.1) is 0 Å². The van der Waals surface area contributed by atoms with Crippen LogP contribution >= 0.6 is 0 Å². The molecule has 0 aliphatic carbocycles. The van der Waals surface area contributed by atoms with Gasteiger partial charge in [-0.25, -0.2) is 9.78 Å². The highest BCUT2D eigenvalue weighted by Gasteiger charge is 2.45. The first-order chi connectivity index (χ1) is 14.9. The van der Waals surface area contributed by atoms with Crippen LogP contribution in [-0.2, 0) is 43.5 Å². The van der Waals surface area contributed by atoms with Gasteiger partial charge < -0.3 is 23.9 Å². The first-order valence-electron chi connectivity index (χ1n) is 10.2. The van der Waals surface area contributed by atoms with Gasteiger partial charge in [0.05, 0.1) is 29.0 Å². The lowest BCUT2D eigenvalue weighted by Gasteiger charge is -2.39. The Kier molecular flexibility index (Phi) is 3.62. The van der Waals surface area contributed by atoms with Gasteiger partial charge in [-0.3, -0.25) is 4.79 Å². The van der Waals surface area contributed by atoms with Gasteiger partial charge in [0.1, 0.15) is 6.61 Å². The topological polar surface area (TPSA) is 99.9 Å². The van der Waals surface area contributed by atoms with Crippen LogP contribution in [0.4, 0.5) is 0 Å². The molecule has 6 rings (SSSR count). The average molecular weight is 420 g/mol. The fraction of sp³-hybridized carbons (Fsp3) is 0.348. The van der Waals surface area contributed by atoms with Crippen molar-refractivity contribution in [3.05, 3.63) is 62.9 Å². The number of aromatic nitrogens is 2. The molecule has 0 unspecified atom stereocenters. The van der Waals surface area contributed by atoms with Crippen LogP contribution in [0.3, 0.4) is 0 Å². The van der Waals surface area contributed by atoms with Crippen LogP contribution in [0.2, 0.25) is 0 Å². The molecule has 1 aromatic carbocycles. The third kappa shape index (κ3) is 2.32. The molecule has 31 heavy (non-hydrogen) atoms. The number of carbonyl (C=O) groups excluding carboxylic acids is 1. The fourth-order valence-corrected chi connectivity index (χ4v) is 4.79. The number of hydrogen-bond acceptors (Lipinski definition) is 7. The standard InChI is InChI=1S/C23H20N2O6/c1-3-23(28)16-8-18-19-12(9-25(18)20(26)14(16)10-29-21(23)27)7-13-15(22(2)30-11-31-22)5-4-6-17(13)24-19/h4-8,28H,3,9-11H2,1-2H3/t23-/m0/s1. The van der Waals surface area contributed by atoms with E-state index in [2.05, 4.69) is 0 Å². The molecule has 0 radical (unpaired) electrons.